The molecule has 0 saturated heterocycles. The Morgan fingerprint density at radius 1 is 1.15 bits per heavy atom. The Hall–Kier alpha value is -1.49. The van der Waals surface area contributed by atoms with Crippen LogP contribution in [0.15, 0.2) is 28.7 Å². The molecule has 5 heteroatoms. The standard InChI is InChI=1S/C15H19BrN4/c1-4-13-14(5-2)19-20-15(18-13)17-10(3)11-7-6-8-12(16)9-11/h6-10H,4-5H2,1-3H3,(H,17,18,20). The minimum absolute atomic E-state index is 0.131. The Labute approximate surface area is 128 Å². The molecule has 106 valence electrons. The maximum atomic E-state index is 4.55. The highest BCUT2D eigenvalue weighted by atomic mass is 79.9. The maximum Gasteiger partial charge on any atom is 0.243 e. The first-order valence-corrected chi connectivity index (χ1v) is 7.67. The lowest BCUT2D eigenvalue weighted by atomic mass is 10.1. The number of halogens is 1. The number of rotatable bonds is 5. The molecule has 0 saturated carbocycles. The molecule has 0 aliphatic rings. The molecule has 20 heavy (non-hydrogen) atoms. The van der Waals surface area contributed by atoms with E-state index in [4.69, 9.17) is 0 Å². The number of hydrogen-bond donors (Lipinski definition) is 1. The maximum absolute atomic E-state index is 4.55. The van der Waals surface area contributed by atoms with Crippen LogP contribution in [0.4, 0.5) is 5.95 Å². The second-order valence-corrected chi connectivity index (χ2v) is 5.57. The second-order valence-electron chi connectivity index (χ2n) is 4.66. The summed E-state index contributed by atoms with van der Waals surface area (Å²) in [5, 5.41) is 11.7. The molecule has 1 unspecified atom stereocenters. The summed E-state index contributed by atoms with van der Waals surface area (Å²) in [6.45, 7) is 6.25. The van der Waals surface area contributed by atoms with Gasteiger partial charge in [-0.05, 0) is 37.5 Å². The fourth-order valence-corrected chi connectivity index (χ4v) is 2.47. The van der Waals surface area contributed by atoms with E-state index in [0.29, 0.717) is 5.95 Å². The third-order valence-corrected chi connectivity index (χ3v) is 3.70. The van der Waals surface area contributed by atoms with Crippen molar-refractivity contribution in [2.45, 2.75) is 39.7 Å². The van der Waals surface area contributed by atoms with Gasteiger partial charge in [-0.25, -0.2) is 4.98 Å². The molecule has 2 aromatic rings. The highest BCUT2D eigenvalue weighted by Gasteiger charge is 2.10. The van der Waals surface area contributed by atoms with E-state index in [0.717, 1.165) is 28.7 Å². The zero-order valence-electron chi connectivity index (χ0n) is 12.0. The van der Waals surface area contributed by atoms with Crippen LogP contribution in [-0.4, -0.2) is 15.2 Å². The Morgan fingerprint density at radius 3 is 2.55 bits per heavy atom. The van der Waals surface area contributed by atoms with Gasteiger partial charge in [-0.2, -0.15) is 5.10 Å². The molecule has 1 atom stereocenters. The molecule has 0 fully saturated rings. The van der Waals surface area contributed by atoms with Crippen molar-refractivity contribution in [3.63, 3.8) is 0 Å². The van der Waals surface area contributed by atoms with Crippen molar-refractivity contribution in [3.8, 4) is 0 Å². The Morgan fingerprint density at radius 2 is 1.90 bits per heavy atom. The summed E-state index contributed by atoms with van der Waals surface area (Å²) < 4.78 is 1.07. The number of nitrogens with zero attached hydrogens (tertiary/aromatic N) is 3. The molecule has 4 nitrogen and oxygen atoms in total. The number of benzene rings is 1. The minimum atomic E-state index is 0.131. The van der Waals surface area contributed by atoms with E-state index in [2.05, 4.69) is 69.3 Å². The van der Waals surface area contributed by atoms with Gasteiger partial charge in [0.2, 0.25) is 5.95 Å². The SMILES string of the molecule is CCc1nnc(NC(C)c2cccc(Br)c2)nc1CC. The van der Waals surface area contributed by atoms with Gasteiger partial charge in [0.15, 0.2) is 0 Å². The highest BCUT2D eigenvalue weighted by molar-refractivity contribution is 9.10. The van der Waals surface area contributed by atoms with E-state index in [1.165, 1.54) is 5.56 Å². The Kier molecular flexibility index (Phi) is 5.06. The van der Waals surface area contributed by atoms with Gasteiger partial charge >= 0.3 is 0 Å². The fraction of sp³-hybridized carbons (Fsp3) is 0.400. The first-order chi connectivity index (χ1) is 9.63. The smallest absolute Gasteiger partial charge is 0.243 e. The van der Waals surface area contributed by atoms with Gasteiger partial charge in [0.1, 0.15) is 0 Å². The zero-order chi connectivity index (χ0) is 14.5. The second kappa shape index (κ2) is 6.79. The molecule has 0 aliphatic carbocycles. The quantitative estimate of drug-likeness (QED) is 0.899. The third kappa shape index (κ3) is 3.54. The van der Waals surface area contributed by atoms with E-state index >= 15 is 0 Å². The molecule has 0 spiro atoms. The van der Waals surface area contributed by atoms with Gasteiger partial charge in [0.05, 0.1) is 17.4 Å². The summed E-state index contributed by atoms with van der Waals surface area (Å²) in [6, 6.07) is 8.34. The summed E-state index contributed by atoms with van der Waals surface area (Å²) in [6.07, 6.45) is 1.74. The number of aryl methyl sites for hydroxylation is 2. The van der Waals surface area contributed by atoms with Crippen LogP contribution in [0.2, 0.25) is 0 Å². The van der Waals surface area contributed by atoms with Crippen molar-refractivity contribution in [2.75, 3.05) is 5.32 Å². The van der Waals surface area contributed by atoms with Crippen LogP contribution in [-0.2, 0) is 12.8 Å². The van der Waals surface area contributed by atoms with E-state index < -0.39 is 0 Å². The van der Waals surface area contributed by atoms with Crippen molar-refractivity contribution in [1.82, 2.24) is 15.2 Å². The summed E-state index contributed by atoms with van der Waals surface area (Å²) in [5.41, 5.74) is 3.18. The zero-order valence-corrected chi connectivity index (χ0v) is 13.6. The van der Waals surface area contributed by atoms with Gasteiger partial charge in [0.25, 0.3) is 0 Å². The van der Waals surface area contributed by atoms with Crippen LogP contribution in [0.25, 0.3) is 0 Å². The molecule has 1 heterocycles. The van der Waals surface area contributed by atoms with E-state index in [1.807, 2.05) is 12.1 Å². The Balaban J connectivity index is 2.17. The van der Waals surface area contributed by atoms with Crippen molar-refractivity contribution >= 4 is 21.9 Å². The summed E-state index contributed by atoms with van der Waals surface area (Å²) in [7, 11) is 0. The van der Waals surface area contributed by atoms with Gasteiger partial charge in [0, 0.05) is 4.47 Å². The summed E-state index contributed by atoms with van der Waals surface area (Å²) in [4.78, 5) is 4.55. The van der Waals surface area contributed by atoms with Gasteiger partial charge in [-0.1, -0.05) is 41.9 Å². The van der Waals surface area contributed by atoms with Gasteiger partial charge in [-0.3, -0.25) is 0 Å². The third-order valence-electron chi connectivity index (χ3n) is 3.20. The lowest BCUT2D eigenvalue weighted by Gasteiger charge is -2.15. The van der Waals surface area contributed by atoms with E-state index in [-0.39, 0.29) is 6.04 Å². The Bertz CT molecular complexity index is 586. The normalized spacial score (nSPS) is 12.2. The largest absolute Gasteiger partial charge is 0.346 e. The highest BCUT2D eigenvalue weighted by Crippen LogP contribution is 2.20. The molecular weight excluding hydrogens is 316 g/mol. The number of nitrogens with one attached hydrogen (secondary N) is 1. The molecule has 1 N–H and O–H groups in total. The predicted molar refractivity (Wildman–Crippen MR) is 84.8 cm³/mol. The van der Waals surface area contributed by atoms with Gasteiger partial charge in [-0.15, -0.1) is 5.10 Å². The average Bonchev–Trinajstić information content (AvgIpc) is 2.47. The monoisotopic (exact) mass is 334 g/mol. The number of aromatic nitrogens is 3. The lowest BCUT2D eigenvalue weighted by molar-refractivity contribution is 0.789. The topological polar surface area (TPSA) is 50.7 Å². The number of hydrogen-bond acceptors (Lipinski definition) is 4. The van der Waals surface area contributed by atoms with Crippen molar-refractivity contribution in [1.29, 1.82) is 0 Å². The van der Waals surface area contributed by atoms with Crippen molar-refractivity contribution in [3.05, 3.63) is 45.7 Å². The fourth-order valence-electron chi connectivity index (χ4n) is 2.05. The molecule has 1 aromatic carbocycles. The van der Waals surface area contributed by atoms with Crippen LogP contribution in [0, 0.1) is 0 Å². The predicted octanol–water partition coefficient (Wildman–Crippen LogP) is 3.93. The van der Waals surface area contributed by atoms with E-state index in [9.17, 15) is 0 Å². The summed E-state index contributed by atoms with van der Waals surface area (Å²) in [5.74, 6) is 0.589. The van der Waals surface area contributed by atoms with Crippen LogP contribution in [0.1, 0.15) is 43.8 Å². The van der Waals surface area contributed by atoms with E-state index in [1.54, 1.807) is 0 Å². The molecular formula is C15H19BrN4. The van der Waals surface area contributed by atoms with Crippen LogP contribution >= 0.6 is 15.9 Å². The number of anilines is 1. The molecule has 0 radical (unpaired) electrons. The van der Waals surface area contributed by atoms with Crippen molar-refractivity contribution < 1.29 is 0 Å². The van der Waals surface area contributed by atoms with Crippen LogP contribution in [0.5, 0.6) is 0 Å². The average molecular weight is 335 g/mol. The molecule has 0 aliphatic heterocycles. The van der Waals surface area contributed by atoms with Crippen LogP contribution in [0.3, 0.4) is 0 Å². The first-order valence-electron chi connectivity index (χ1n) is 6.88. The molecule has 0 bridgehead atoms. The minimum Gasteiger partial charge on any atom is -0.346 e. The molecule has 1 aromatic heterocycles. The van der Waals surface area contributed by atoms with Crippen molar-refractivity contribution in [2.24, 2.45) is 0 Å². The molecule has 2 rings (SSSR count). The molecule has 0 amide bonds. The van der Waals surface area contributed by atoms with Crippen LogP contribution < -0.4 is 5.32 Å². The summed E-state index contributed by atoms with van der Waals surface area (Å²) >= 11 is 3.49. The lowest BCUT2D eigenvalue weighted by Crippen LogP contribution is -2.12. The van der Waals surface area contributed by atoms with Gasteiger partial charge < -0.3 is 5.32 Å². The first kappa shape index (κ1) is 14.9.